The van der Waals surface area contributed by atoms with Crippen LogP contribution < -0.4 is 0 Å². The molecule has 0 saturated carbocycles. The average Bonchev–Trinajstić information content (AvgIpc) is 2.09. The fourth-order valence-electron chi connectivity index (χ4n) is 1.31. The van der Waals surface area contributed by atoms with Gasteiger partial charge in [-0.05, 0) is 24.1 Å². The van der Waals surface area contributed by atoms with Crippen LogP contribution in [0.1, 0.15) is 24.8 Å². The normalized spacial score (nSPS) is 12.5. The predicted octanol–water partition coefficient (Wildman–Crippen LogP) is 3.06. The first-order valence-corrected chi connectivity index (χ1v) is 4.61. The van der Waals surface area contributed by atoms with Crippen molar-refractivity contribution in [2.24, 2.45) is 0 Å². The molecule has 0 aliphatic carbocycles. The van der Waals surface area contributed by atoms with E-state index in [2.05, 4.69) is 0 Å². The van der Waals surface area contributed by atoms with Gasteiger partial charge in [0.05, 0.1) is 5.92 Å². The van der Waals surface area contributed by atoms with E-state index < -0.39 is 17.7 Å². The number of carboxylic acids is 1. The minimum atomic E-state index is -0.944. The fourth-order valence-corrected chi connectivity index (χ4v) is 1.61. The van der Waals surface area contributed by atoms with Crippen LogP contribution >= 0.6 is 11.6 Å². The van der Waals surface area contributed by atoms with E-state index in [4.69, 9.17) is 16.7 Å². The van der Waals surface area contributed by atoms with Gasteiger partial charge in [0, 0.05) is 5.02 Å². The SMILES string of the molecule is CCC(C(=O)O)c1ccc(F)cc1Cl. The van der Waals surface area contributed by atoms with Gasteiger partial charge >= 0.3 is 5.97 Å². The molecule has 14 heavy (non-hydrogen) atoms. The number of benzene rings is 1. The van der Waals surface area contributed by atoms with Gasteiger partial charge in [0.25, 0.3) is 0 Å². The topological polar surface area (TPSA) is 37.3 Å². The molecule has 0 heterocycles. The van der Waals surface area contributed by atoms with E-state index in [-0.39, 0.29) is 5.02 Å². The lowest BCUT2D eigenvalue weighted by Crippen LogP contribution is -2.10. The van der Waals surface area contributed by atoms with Gasteiger partial charge in [-0.15, -0.1) is 0 Å². The minimum Gasteiger partial charge on any atom is -0.481 e. The molecule has 1 atom stereocenters. The first-order chi connectivity index (χ1) is 6.56. The molecule has 0 fully saturated rings. The highest BCUT2D eigenvalue weighted by Gasteiger charge is 2.20. The first kappa shape index (κ1) is 11.0. The summed E-state index contributed by atoms with van der Waals surface area (Å²) in [6.45, 7) is 1.75. The van der Waals surface area contributed by atoms with E-state index in [0.29, 0.717) is 12.0 Å². The Morgan fingerprint density at radius 1 is 1.64 bits per heavy atom. The molecular formula is C10H10ClFO2. The van der Waals surface area contributed by atoms with Crippen LogP contribution in [0.15, 0.2) is 18.2 Å². The van der Waals surface area contributed by atoms with E-state index in [1.165, 1.54) is 12.1 Å². The third-order valence-corrected chi connectivity index (χ3v) is 2.37. The number of hydrogen-bond acceptors (Lipinski definition) is 1. The summed E-state index contributed by atoms with van der Waals surface area (Å²) in [6.07, 6.45) is 0.431. The molecule has 0 spiro atoms. The third kappa shape index (κ3) is 2.23. The second kappa shape index (κ2) is 4.42. The average molecular weight is 217 g/mol. The number of carboxylic acid groups (broad SMARTS) is 1. The Bertz CT molecular complexity index is 352. The molecule has 0 aromatic heterocycles. The summed E-state index contributed by atoms with van der Waals surface area (Å²) in [6, 6.07) is 3.76. The minimum absolute atomic E-state index is 0.166. The van der Waals surface area contributed by atoms with Crippen molar-refractivity contribution in [1.82, 2.24) is 0 Å². The molecular weight excluding hydrogens is 207 g/mol. The van der Waals surface area contributed by atoms with Crippen LogP contribution in [0.5, 0.6) is 0 Å². The summed E-state index contributed by atoms with van der Waals surface area (Å²) < 4.78 is 12.7. The Kier molecular flexibility index (Phi) is 3.47. The van der Waals surface area contributed by atoms with Gasteiger partial charge in [-0.25, -0.2) is 4.39 Å². The molecule has 1 N–H and O–H groups in total. The van der Waals surface area contributed by atoms with Crippen LogP contribution in [-0.4, -0.2) is 11.1 Å². The summed E-state index contributed by atoms with van der Waals surface area (Å²) >= 11 is 5.74. The van der Waals surface area contributed by atoms with Crippen molar-refractivity contribution in [2.45, 2.75) is 19.3 Å². The van der Waals surface area contributed by atoms with Gasteiger partial charge in [0.1, 0.15) is 5.82 Å². The smallest absolute Gasteiger partial charge is 0.311 e. The standard InChI is InChI=1S/C10H10ClFO2/c1-2-7(10(13)14)8-4-3-6(12)5-9(8)11/h3-5,7H,2H2,1H3,(H,13,14). The summed E-state index contributed by atoms with van der Waals surface area (Å²) in [5.41, 5.74) is 0.461. The zero-order chi connectivity index (χ0) is 10.7. The van der Waals surface area contributed by atoms with Crippen molar-refractivity contribution in [3.05, 3.63) is 34.6 Å². The lowest BCUT2D eigenvalue weighted by atomic mass is 9.97. The third-order valence-electron chi connectivity index (χ3n) is 2.04. The Balaban J connectivity index is 3.10. The highest BCUT2D eigenvalue weighted by Crippen LogP contribution is 2.27. The Hall–Kier alpha value is -1.09. The molecule has 0 saturated heterocycles. The maximum absolute atomic E-state index is 12.7. The Labute approximate surface area is 86.3 Å². The maximum atomic E-state index is 12.7. The summed E-state index contributed by atoms with van der Waals surface area (Å²) in [7, 11) is 0. The van der Waals surface area contributed by atoms with Crippen molar-refractivity contribution in [1.29, 1.82) is 0 Å². The number of aliphatic carboxylic acids is 1. The molecule has 1 rings (SSSR count). The number of carbonyl (C=O) groups is 1. The first-order valence-electron chi connectivity index (χ1n) is 4.24. The van der Waals surface area contributed by atoms with Gasteiger partial charge in [-0.1, -0.05) is 24.6 Å². The van der Waals surface area contributed by atoms with Gasteiger partial charge in [-0.3, -0.25) is 4.79 Å². The summed E-state index contributed by atoms with van der Waals surface area (Å²) in [5.74, 6) is -2.07. The molecule has 76 valence electrons. The molecule has 0 amide bonds. The second-order valence-electron chi connectivity index (χ2n) is 2.96. The number of halogens is 2. The van der Waals surface area contributed by atoms with Crippen LogP contribution in [0.3, 0.4) is 0 Å². The Morgan fingerprint density at radius 2 is 2.29 bits per heavy atom. The lowest BCUT2D eigenvalue weighted by molar-refractivity contribution is -0.138. The van der Waals surface area contributed by atoms with E-state index >= 15 is 0 Å². The molecule has 0 bridgehead atoms. The van der Waals surface area contributed by atoms with Crippen LogP contribution in [0.2, 0.25) is 5.02 Å². The number of rotatable bonds is 3. The van der Waals surface area contributed by atoms with Crippen molar-refractivity contribution in [3.63, 3.8) is 0 Å². The molecule has 0 aliphatic heterocycles. The van der Waals surface area contributed by atoms with Gasteiger partial charge in [-0.2, -0.15) is 0 Å². The highest BCUT2D eigenvalue weighted by molar-refractivity contribution is 6.31. The quantitative estimate of drug-likeness (QED) is 0.843. The van der Waals surface area contributed by atoms with E-state index in [0.717, 1.165) is 6.07 Å². The van der Waals surface area contributed by atoms with E-state index in [1.807, 2.05) is 0 Å². The van der Waals surface area contributed by atoms with Crippen LogP contribution in [0.4, 0.5) is 4.39 Å². The van der Waals surface area contributed by atoms with Gasteiger partial charge in [0.2, 0.25) is 0 Å². The molecule has 1 unspecified atom stereocenters. The van der Waals surface area contributed by atoms with Gasteiger partial charge < -0.3 is 5.11 Å². The highest BCUT2D eigenvalue weighted by atomic mass is 35.5. The number of hydrogen-bond donors (Lipinski definition) is 1. The summed E-state index contributed by atoms with van der Waals surface area (Å²) in [5, 5.41) is 9.03. The maximum Gasteiger partial charge on any atom is 0.311 e. The summed E-state index contributed by atoms with van der Waals surface area (Å²) in [4.78, 5) is 10.8. The van der Waals surface area contributed by atoms with Crippen LogP contribution in [0.25, 0.3) is 0 Å². The lowest BCUT2D eigenvalue weighted by Gasteiger charge is -2.11. The molecule has 1 aromatic carbocycles. The van der Waals surface area contributed by atoms with Crippen molar-refractivity contribution in [3.8, 4) is 0 Å². The van der Waals surface area contributed by atoms with Crippen molar-refractivity contribution >= 4 is 17.6 Å². The van der Waals surface area contributed by atoms with E-state index in [9.17, 15) is 9.18 Å². The molecule has 0 aliphatic rings. The van der Waals surface area contributed by atoms with Crippen molar-refractivity contribution in [2.75, 3.05) is 0 Å². The Morgan fingerprint density at radius 3 is 2.71 bits per heavy atom. The second-order valence-corrected chi connectivity index (χ2v) is 3.37. The van der Waals surface area contributed by atoms with Crippen LogP contribution in [0, 0.1) is 5.82 Å². The molecule has 2 nitrogen and oxygen atoms in total. The largest absolute Gasteiger partial charge is 0.481 e. The molecule has 1 aromatic rings. The zero-order valence-corrected chi connectivity index (χ0v) is 8.38. The zero-order valence-electron chi connectivity index (χ0n) is 7.63. The van der Waals surface area contributed by atoms with Crippen LogP contribution in [-0.2, 0) is 4.79 Å². The van der Waals surface area contributed by atoms with E-state index in [1.54, 1.807) is 6.92 Å². The predicted molar refractivity (Wildman–Crippen MR) is 52.1 cm³/mol. The van der Waals surface area contributed by atoms with Crippen molar-refractivity contribution < 1.29 is 14.3 Å². The fraction of sp³-hybridized carbons (Fsp3) is 0.300. The monoisotopic (exact) mass is 216 g/mol. The molecule has 0 radical (unpaired) electrons. The molecule has 4 heteroatoms. The van der Waals surface area contributed by atoms with Gasteiger partial charge in [0.15, 0.2) is 0 Å².